The van der Waals surface area contributed by atoms with Crippen LogP contribution in [0.2, 0.25) is 0 Å². The van der Waals surface area contributed by atoms with Crippen LogP contribution in [0.5, 0.6) is 0 Å². The number of carbonyl (C=O) groups excluding carboxylic acids is 3. The second kappa shape index (κ2) is 7.24. The molecule has 0 aromatic rings. The summed E-state index contributed by atoms with van der Waals surface area (Å²) >= 11 is 0. The van der Waals surface area contributed by atoms with Gasteiger partial charge in [0, 0.05) is 29.7 Å². The summed E-state index contributed by atoms with van der Waals surface area (Å²) in [5, 5.41) is 0. The van der Waals surface area contributed by atoms with Crippen LogP contribution in [0.25, 0.3) is 0 Å². The summed E-state index contributed by atoms with van der Waals surface area (Å²) in [6.07, 6.45) is 1.42. The second-order valence-corrected chi connectivity index (χ2v) is 5.54. The van der Waals surface area contributed by atoms with E-state index in [1.54, 1.807) is 41.5 Å². The van der Waals surface area contributed by atoms with Gasteiger partial charge in [0.15, 0.2) is 11.6 Å². The first kappa shape index (κ1) is 16.8. The van der Waals surface area contributed by atoms with E-state index in [1.807, 2.05) is 0 Å². The maximum atomic E-state index is 12.0. The van der Waals surface area contributed by atoms with E-state index in [2.05, 4.69) is 0 Å². The predicted molar refractivity (Wildman–Crippen MR) is 72.2 cm³/mol. The fraction of sp³-hybridized carbons (Fsp3) is 0.667. The highest BCUT2D eigenvalue weighted by Crippen LogP contribution is 2.15. The Labute approximate surface area is 110 Å². The summed E-state index contributed by atoms with van der Waals surface area (Å²) in [7, 11) is 0. The summed E-state index contributed by atoms with van der Waals surface area (Å²) in [5.41, 5.74) is 0.349. The average molecular weight is 252 g/mol. The maximum Gasteiger partial charge on any atom is 0.161 e. The molecule has 0 atom stereocenters. The molecule has 0 fully saturated rings. The largest absolute Gasteiger partial charge is 0.299 e. The molecule has 3 heteroatoms. The minimum Gasteiger partial charge on any atom is -0.299 e. The van der Waals surface area contributed by atoms with Crippen LogP contribution in [0.15, 0.2) is 11.6 Å². The van der Waals surface area contributed by atoms with Crippen molar-refractivity contribution in [3.8, 4) is 0 Å². The van der Waals surface area contributed by atoms with Gasteiger partial charge in [0.2, 0.25) is 0 Å². The van der Waals surface area contributed by atoms with Gasteiger partial charge in [-0.2, -0.15) is 0 Å². The highest BCUT2D eigenvalue weighted by Gasteiger charge is 2.20. The van der Waals surface area contributed by atoms with Crippen LogP contribution in [0.4, 0.5) is 0 Å². The monoisotopic (exact) mass is 252 g/mol. The zero-order valence-electron chi connectivity index (χ0n) is 12.2. The summed E-state index contributed by atoms with van der Waals surface area (Å²) in [4.78, 5) is 35.4. The summed E-state index contributed by atoms with van der Waals surface area (Å²) in [6, 6.07) is 0. The molecule has 0 amide bonds. The molecule has 0 spiro atoms. The lowest BCUT2D eigenvalue weighted by molar-refractivity contribution is -0.124. The maximum absolute atomic E-state index is 12.0. The smallest absolute Gasteiger partial charge is 0.161 e. The average Bonchev–Trinajstić information content (AvgIpc) is 2.26. The Hall–Kier alpha value is -1.25. The number of hydrogen-bond acceptors (Lipinski definition) is 3. The fourth-order valence-electron chi connectivity index (χ4n) is 1.31. The molecule has 102 valence electrons. The van der Waals surface area contributed by atoms with Gasteiger partial charge in [-0.15, -0.1) is 0 Å². The van der Waals surface area contributed by atoms with Gasteiger partial charge in [-0.05, 0) is 6.08 Å². The molecule has 18 heavy (non-hydrogen) atoms. The van der Waals surface area contributed by atoms with Gasteiger partial charge in [-0.3, -0.25) is 14.4 Å². The van der Waals surface area contributed by atoms with Gasteiger partial charge in [-0.1, -0.05) is 41.5 Å². The molecule has 0 aromatic carbocycles. The first-order chi connectivity index (χ1) is 8.16. The van der Waals surface area contributed by atoms with E-state index in [4.69, 9.17) is 0 Å². The lowest BCUT2D eigenvalue weighted by Crippen LogP contribution is -2.18. The highest BCUT2D eigenvalue weighted by atomic mass is 16.1. The molecule has 0 radical (unpaired) electrons. The predicted octanol–water partition coefficient (Wildman–Crippen LogP) is 2.98. The van der Waals surface area contributed by atoms with Gasteiger partial charge in [-0.25, -0.2) is 0 Å². The van der Waals surface area contributed by atoms with Gasteiger partial charge < -0.3 is 0 Å². The van der Waals surface area contributed by atoms with Crippen LogP contribution in [-0.2, 0) is 14.4 Å². The van der Waals surface area contributed by atoms with Crippen LogP contribution in [0, 0.1) is 17.8 Å². The highest BCUT2D eigenvalue weighted by molar-refractivity contribution is 6.07. The molecule has 0 aliphatic rings. The Balaban J connectivity index is 5.13. The molecule has 0 aromatic heterocycles. The topological polar surface area (TPSA) is 51.2 Å². The molecule has 3 nitrogen and oxygen atoms in total. The van der Waals surface area contributed by atoms with E-state index < -0.39 is 0 Å². The van der Waals surface area contributed by atoms with Crippen molar-refractivity contribution in [2.45, 2.75) is 48.0 Å². The van der Waals surface area contributed by atoms with Crippen molar-refractivity contribution >= 4 is 17.3 Å². The molecular formula is C15H24O3. The second-order valence-electron chi connectivity index (χ2n) is 5.54. The van der Waals surface area contributed by atoms with E-state index in [0.717, 1.165) is 0 Å². The van der Waals surface area contributed by atoms with Gasteiger partial charge in [0.1, 0.15) is 5.78 Å². The number of ketones is 3. The fourth-order valence-corrected chi connectivity index (χ4v) is 1.31. The zero-order chi connectivity index (χ0) is 14.5. The molecule has 0 N–H and O–H groups in total. The Bertz CT molecular complexity index is 360. The van der Waals surface area contributed by atoms with Crippen LogP contribution < -0.4 is 0 Å². The van der Waals surface area contributed by atoms with Crippen molar-refractivity contribution in [2.75, 3.05) is 0 Å². The van der Waals surface area contributed by atoms with Crippen LogP contribution in [0.3, 0.4) is 0 Å². The third-order valence-electron chi connectivity index (χ3n) is 2.74. The molecule has 0 saturated heterocycles. The molecule has 0 saturated carbocycles. The Morgan fingerprint density at radius 1 is 0.833 bits per heavy atom. The zero-order valence-corrected chi connectivity index (χ0v) is 12.2. The van der Waals surface area contributed by atoms with Gasteiger partial charge in [0.25, 0.3) is 0 Å². The van der Waals surface area contributed by atoms with Crippen molar-refractivity contribution in [1.29, 1.82) is 0 Å². The van der Waals surface area contributed by atoms with Crippen LogP contribution in [-0.4, -0.2) is 17.3 Å². The minimum absolute atomic E-state index is 0.00759. The first-order valence-corrected chi connectivity index (χ1v) is 6.48. The molecule has 0 aliphatic carbocycles. The lowest BCUT2D eigenvalue weighted by atomic mass is 9.91. The summed E-state index contributed by atoms with van der Waals surface area (Å²) in [5.74, 6) is -0.701. The van der Waals surface area contributed by atoms with Crippen molar-refractivity contribution in [2.24, 2.45) is 17.8 Å². The molecular weight excluding hydrogens is 228 g/mol. The van der Waals surface area contributed by atoms with Crippen LogP contribution >= 0.6 is 0 Å². The molecule has 0 unspecified atom stereocenters. The third-order valence-corrected chi connectivity index (χ3v) is 2.74. The van der Waals surface area contributed by atoms with Crippen molar-refractivity contribution in [1.82, 2.24) is 0 Å². The van der Waals surface area contributed by atoms with E-state index in [0.29, 0.717) is 5.57 Å². The number of allylic oxidation sites excluding steroid dienone is 2. The number of hydrogen-bond donors (Lipinski definition) is 0. The minimum atomic E-state index is -0.198. The van der Waals surface area contributed by atoms with E-state index in [1.165, 1.54) is 6.08 Å². The normalized spacial score (nSPS) is 12.4. The third kappa shape index (κ3) is 5.39. The van der Waals surface area contributed by atoms with Crippen molar-refractivity contribution < 1.29 is 14.4 Å². The number of Topliss-reactive ketones (excluding diaryl/α,β-unsaturated/α-hetero) is 2. The number of carbonyl (C=O) groups is 3. The number of rotatable bonds is 7. The van der Waals surface area contributed by atoms with Crippen LogP contribution in [0.1, 0.15) is 48.0 Å². The Morgan fingerprint density at radius 3 is 1.67 bits per heavy atom. The van der Waals surface area contributed by atoms with E-state index >= 15 is 0 Å². The SMILES string of the molecule is CC(C)C(=O)/C=C(/CC(=O)C(C)C)C(=O)C(C)C. The quantitative estimate of drug-likeness (QED) is 0.654. The molecule has 0 heterocycles. The standard InChI is InChI=1S/C15H24O3/c1-9(2)13(16)7-12(15(18)11(5)6)8-14(17)10(3)4/h7,9-11H,8H2,1-6H3/b12-7-. The van der Waals surface area contributed by atoms with E-state index in [9.17, 15) is 14.4 Å². The molecule has 0 aliphatic heterocycles. The molecule has 0 rings (SSSR count). The van der Waals surface area contributed by atoms with Gasteiger partial charge >= 0.3 is 0 Å². The van der Waals surface area contributed by atoms with Crippen molar-refractivity contribution in [3.63, 3.8) is 0 Å². The lowest BCUT2D eigenvalue weighted by Gasteiger charge is -2.11. The first-order valence-electron chi connectivity index (χ1n) is 6.48. The summed E-state index contributed by atoms with van der Waals surface area (Å²) in [6.45, 7) is 10.7. The molecule has 0 bridgehead atoms. The van der Waals surface area contributed by atoms with E-state index in [-0.39, 0.29) is 41.5 Å². The van der Waals surface area contributed by atoms with Crippen molar-refractivity contribution in [3.05, 3.63) is 11.6 Å². The Morgan fingerprint density at radius 2 is 1.33 bits per heavy atom. The van der Waals surface area contributed by atoms with Gasteiger partial charge in [0.05, 0.1) is 0 Å². The Kier molecular flexibility index (Phi) is 6.74. The summed E-state index contributed by atoms with van der Waals surface area (Å²) < 4.78 is 0.